The van der Waals surface area contributed by atoms with Crippen molar-refractivity contribution in [3.8, 4) is 5.75 Å². The van der Waals surface area contributed by atoms with Gasteiger partial charge in [-0.3, -0.25) is 4.79 Å². The van der Waals surface area contributed by atoms with E-state index in [9.17, 15) is 14.7 Å². The molecule has 0 spiro atoms. The van der Waals surface area contributed by atoms with Gasteiger partial charge in [-0.2, -0.15) is 0 Å². The molecule has 3 N–H and O–H groups in total. The van der Waals surface area contributed by atoms with Gasteiger partial charge in [0.1, 0.15) is 11.3 Å². The number of carboxylic acids is 1. The lowest BCUT2D eigenvalue weighted by Gasteiger charge is -2.05. The summed E-state index contributed by atoms with van der Waals surface area (Å²) in [5.41, 5.74) is 0.774. The van der Waals surface area contributed by atoms with Crippen molar-refractivity contribution >= 4 is 11.8 Å². The molecule has 5 nitrogen and oxygen atoms in total. The van der Waals surface area contributed by atoms with Crippen LogP contribution in [0.5, 0.6) is 5.75 Å². The maximum atomic E-state index is 12.2. The van der Waals surface area contributed by atoms with E-state index in [0.717, 1.165) is 6.07 Å². The average molecular weight is 272 g/mol. The van der Waals surface area contributed by atoms with Crippen LogP contribution < -0.4 is 0 Å². The quantitative estimate of drug-likeness (QED) is 0.738. The number of benzene rings is 2. The number of aliphatic hydroxyl groups is 1. The largest absolute Gasteiger partial charge is 0.507 e. The van der Waals surface area contributed by atoms with Crippen molar-refractivity contribution in [3.63, 3.8) is 0 Å². The number of hydrogen-bond donors (Lipinski definition) is 3. The van der Waals surface area contributed by atoms with Gasteiger partial charge >= 0.3 is 5.97 Å². The molecule has 0 aromatic heterocycles. The summed E-state index contributed by atoms with van der Waals surface area (Å²) in [5, 5.41) is 27.4. The van der Waals surface area contributed by atoms with Gasteiger partial charge in [0.2, 0.25) is 0 Å². The monoisotopic (exact) mass is 272 g/mol. The minimum absolute atomic E-state index is 0.162. The Kier molecular flexibility index (Phi) is 3.81. The van der Waals surface area contributed by atoms with Gasteiger partial charge in [-0.1, -0.05) is 18.2 Å². The highest BCUT2D eigenvalue weighted by Gasteiger charge is 2.15. The Morgan fingerprint density at radius 1 is 1.00 bits per heavy atom. The third-order valence-electron chi connectivity index (χ3n) is 2.86. The normalized spacial score (nSPS) is 10.2. The number of aliphatic hydroxyl groups excluding tert-OH is 1. The molecule has 0 atom stereocenters. The number of hydrogen-bond acceptors (Lipinski definition) is 4. The highest BCUT2D eigenvalue weighted by Crippen LogP contribution is 2.20. The molecule has 20 heavy (non-hydrogen) atoms. The van der Waals surface area contributed by atoms with Crippen molar-refractivity contribution in [2.75, 3.05) is 0 Å². The smallest absolute Gasteiger partial charge is 0.339 e. The van der Waals surface area contributed by atoms with Crippen LogP contribution in [0, 0.1) is 0 Å². The van der Waals surface area contributed by atoms with Crippen LogP contribution >= 0.6 is 0 Å². The molecular formula is C15H12O5. The lowest BCUT2D eigenvalue weighted by atomic mass is 9.99. The molecule has 102 valence electrons. The van der Waals surface area contributed by atoms with E-state index in [4.69, 9.17) is 10.2 Å². The van der Waals surface area contributed by atoms with Crippen molar-refractivity contribution in [2.45, 2.75) is 6.61 Å². The zero-order valence-corrected chi connectivity index (χ0v) is 10.4. The third kappa shape index (κ3) is 2.67. The average Bonchev–Trinajstić information content (AvgIpc) is 2.46. The Hall–Kier alpha value is -2.66. The molecule has 0 aliphatic rings. The van der Waals surface area contributed by atoms with Gasteiger partial charge in [-0.25, -0.2) is 4.79 Å². The van der Waals surface area contributed by atoms with Crippen LogP contribution in [0.25, 0.3) is 0 Å². The minimum Gasteiger partial charge on any atom is -0.507 e. The highest BCUT2D eigenvalue weighted by molar-refractivity contribution is 6.10. The van der Waals surface area contributed by atoms with Crippen LogP contribution in [0.2, 0.25) is 0 Å². The Morgan fingerprint density at radius 3 is 2.35 bits per heavy atom. The Labute approximate surface area is 114 Å². The van der Waals surface area contributed by atoms with Crippen molar-refractivity contribution in [1.82, 2.24) is 0 Å². The molecule has 0 saturated carbocycles. The summed E-state index contributed by atoms with van der Waals surface area (Å²) in [7, 11) is 0. The third-order valence-corrected chi connectivity index (χ3v) is 2.86. The van der Waals surface area contributed by atoms with Crippen LogP contribution in [0.1, 0.15) is 31.8 Å². The first-order valence-corrected chi connectivity index (χ1v) is 5.83. The lowest BCUT2D eigenvalue weighted by Crippen LogP contribution is -2.05. The Bertz CT molecular complexity index is 676. The molecular weight excluding hydrogens is 260 g/mol. The fourth-order valence-electron chi connectivity index (χ4n) is 1.83. The molecule has 0 saturated heterocycles. The van der Waals surface area contributed by atoms with Crippen molar-refractivity contribution in [3.05, 3.63) is 64.7 Å². The van der Waals surface area contributed by atoms with E-state index in [1.54, 1.807) is 18.2 Å². The van der Waals surface area contributed by atoms with E-state index in [2.05, 4.69) is 0 Å². The van der Waals surface area contributed by atoms with Crippen molar-refractivity contribution in [1.29, 1.82) is 0 Å². The number of carbonyl (C=O) groups excluding carboxylic acids is 1. The summed E-state index contributed by atoms with van der Waals surface area (Å²) >= 11 is 0. The van der Waals surface area contributed by atoms with Gasteiger partial charge in [0.15, 0.2) is 5.78 Å². The molecule has 0 fully saturated rings. The summed E-state index contributed by atoms with van der Waals surface area (Å²) in [6.45, 7) is -0.183. The standard InChI is InChI=1S/C15H12O5/c16-8-9-2-1-3-10(6-9)14(18)11-4-5-13(17)12(7-11)15(19)20/h1-7,16-17H,8H2,(H,19,20). The number of carbonyl (C=O) groups is 2. The SMILES string of the molecule is O=C(c1cccc(CO)c1)c1ccc(O)c(C(=O)O)c1. The lowest BCUT2D eigenvalue weighted by molar-refractivity contribution is 0.0693. The summed E-state index contributed by atoms with van der Waals surface area (Å²) < 4.78 is 0. The zero-order chi connectivity index (χ0) is 14.7. The first-order valence-electron chi connectivity index (χ1n) is 5.83. The molecule has 0 aliphatic heterocycles. The molecule has 0 bridgehead atoms. The maximum Gasteiger partial charge on any atom is 0.339 e. The highest BCUT2D eigenvalue weighted by atomic mass is 16.4. The number of aromatic hydroxyl groups is 1. The van der Waals surface area contributed by atoms with E-state index in [0.29, 0.717) is 11.1 Å². The zero-order valence-electron chi connectivity index (χ0n) is 10.4. The Morgan fingerprint density at radius 2 is 1.70 bits per heavy atom. The topological polar surface area (TPSA) is 94.8 Å². The van der Waals surface area contributed by atoms with Gasteiger partial charge < -0.3 is 15.3 Å². The summed E-state index contributed by atoms with van der Waals surface area (Å²) in [6.07, 6.45) is 0. The molecule has 0 radical (unpaired) electrons. The second-order valence-electron chi connectivity index (χ2n) is 4.22. The van der Waals surface area contributed by atoms with Crippen LogP contribution in [0.15, 0.2) is 42.5 Å². The van der Waals surface area contributed by atoms with E-state index >= 15 is 0 Å². The van der Waals surface area contributed by atoms with Crippen LogP contribution in [0.3, 0.4) is 0 Å². The van der Waals surface area contributed by atoms with Gasteiger partial charge in [0, 0.05) is 11.1 Å². The van der Waals surface area contributed by atoms with E-state index < -0.39 is 11.7 Å². The number of rotatable bonds is 4. The van der Waals surface area contributed by atoms with E-state index in [-0.39, 0.29) is 23.5 Å². The summed E-state index contributed by atoms with van der Waals surface area (Å²) in [4.78, 5) is 23.2. The van der Waals surface area contributed by atoms with Crippen LogP contribution in [0.4, 0.5) is 0 Å². The van der Waals surface area contributed by atoms with E-state index in [1.165, 1.54) is 18.2 Å². The second-order valence-corrected chi connectivity index (χ2v) is 4.22. The number of aromatic carboxylic acids is 1. The predicted molar refractivity (Wildman–Crippen MR) is 70.9 cm³/mol. The van der Waals surface area contributed by atoms with Crippen LogP contribution in [-0.2, 0) is 6.61 Å². The second kappa shape index (κ2) is 5.54. The van der Waals surface area contributed by atoms with Gasteiger partial charge in [-0.05, 0) is 29.8 Å². The van der Waals surface area contributed by atoms with Gasteiger partial charge in [-0.15, -0.1) is 0 Å². The minimum atomic E-state index is -1.30. The molecule has 0 amide bonds. The molecule has 5 heteroatoms. The molecule has 0 heterocycles. The number of carboxylic acid groups (broad SMARTS) is 1. The summed E-state index contributed by atoms with van der Waals surface area (Å²) in [6, 6.07) is 10.1. The molecule has 2 aromatic carbocycles. The van der Waals surface area contributed by atoms with Crippen LogP contribution in [-0.4, -0.2) is 27.1 Å². The fraction of sp³-hybridized carbons (Fsp3) is 0.0667. The van der Waals surface area contributed by atoms with E-state index in [1.807, 2.05) is 0 Å². The van der Waals surface area contributed by atoms with Gasteiger partial charge in [0.25, 0.3) is 0 Å². The maximum absolute atomic E-state index is 12.2. The number of phenols is 1. The van der Waals surface area contributed by atoms with Crippen molar-refractivity contribution in [2.24, 2.45) is 0 Å². The Balaban J connectivity index is 2.43. The molecule has 2 rings (SSSR count). The first-order chi connectivity index (χ1) is 9.52. The molecule has 0 unspecified atom stereocenters. The van der Waals surface area contributed by atoms with Gasteiger partial charge in [0.05, 0.1) is 6.61 Å². The predicted octanol–water partition coefficient (Wildman–Crippen LogP) is 1.81. The van der Waals surface area contributed by atoms with Crippen molar-refractivity contribution < 1.29 is 24.9 Å². The molecule has 0 aliphatic carbocycles. The number of ketones is 1. The fourth-order valence-corrected chi connectivity index (χ4v) is 1.83. The molecule has 2 aromatic rings. The summed E-state index contributed by atoms with van der Waals surface area (Å²) in [5.74, 6) is -2.07. The first kappa shape index (κ1) is 13.8.